The van der Waals surface area contributed by atoms with Crippen molar-refractivity contribution in [3.05, 3.63) is 46.4 Å². The number of nitrogen functional groups attached to an aromatic ring is 1. The van der Waals surface area contributed by atoms with E-state index in [9.17, 15) is 8.78 Å². The highest BCUT2D eigenvalue weighted by molar-refractivity contribution is 9.10. The first-order valence-electron chi connectivity index (χ1n) is 5.79. The molecule has 6 heteroatoms. The highest BCUT2D eigenvalue weighted by Crippen LogP contribution is 2.34. The molecule has 3 N–H and O–H groups in total. The second-order valence-corrected chi connectivity index (χ2v) is 4.97. The molecule has 0 heterocycles. The van der Waals surface area contributed by atoms with Gasteiger partial charge in [0.2, 0.25) is 0 Å². The molecule has 2 aromatic rings. The Balaban J connectivity index is 2.39. The van der Waals surface area contributed by atoms with Gasteiger partial charge in [-0.1, -0.05) is 0 Å². The molecule has 0 fully saturated rings. The van der Waals surface area contributed by atoms with E-state index in [2.05, 4.69) is 21.2 Å². The van der Waals surface area contributed by atoms with Gasteiger partial charge in [-0.15, -0.1) is 0 Å². The quantitative estimate of drug-likeness (QED) is 0.790. The van der Waals surface area contributed by atoms with Crippen LogP contribution in [-0.4, -0.2) is 7.11 Å². The second kappa shape index (κ2) is 6.09. The molecular weight excluding hydrogens is 330 g/mol. The van der Waals surface area contributed by atoms with Crippen molar-refractivity contribution in [2.24, 2.45) is 0 Å². The predicted octanol–water partition coefficient (Wildman–Crippen LogP) is 4.72. The lowest BCUT2D eigenvalue weighted by Crippen LogP contribution is -1.99. The maximum absolute atomic E-state index is 13.0. The van der Waals surface area contributed by atoms with Crippen molar-refractivity contribution in [1.82, 2.24) is 0 Å². The summed E-state index contributed by atoms with van der Waals surface area (Å²) >= 11 is 3.36. The summed E-state index contributed by atoms with van der Waals surface area (Å²) in [6.45, 7) is 0. The van der Waals surface area contributed by atoms with E-state index in [-0.39, 0.29) is 5.56 Å². The van der Waals surface area contributed by atoms with Gasteiger partial charge < -0.3 is 15.8 Å². The highest BCUT2D eigenvalue weighted by atomic mass is 79.9. The van der Waals surface area contributed by atoms with Gasteiger partial charge in [0.25, 0.3) is 6.43 Å². The summed E-state index contributed by atoms with van der Waals surface area (Å²) in [7, 11) is 1.54. The summed E-state index contributed by atoms with van der Waals surface area (Å²) in [6.07, 6.45) is -2.61. The average molecular weight is 343 g/mol. The van der Waals surface area contributed by atoms with E-state index in [1.807, 2.05) is 0 Å². The molecule has 0 radical (unpaired) electrons. The molecule has 0 unspecified atom stereocenters. The van der Waals surface area contributed by atoms with Crippen LogP contribution in [0.5, 0.6) is 5.75 Å². The van der Waals surface area contributed by atoms with Gasteiger partial charge in [0.1, 0.15) is 5.75 Å². The Morgan fingerprint density at radius 1 is 1.15 bits per heavy atom. The van der Waals surface area contributed by atoms with Gasteiger partial charge >= 0.3 is 0 Å². The van der Waals surface area contributed by atoms with E-state index in [4.69, 9.17) is 10.5 Å². The minimum absolute atomic E-state index is 0.139. The van der Waals surface area contributed by atoms with Gasteiger partial charge in [-0.3, -0.25) is 0 Å². The number of hydrogen-bond acceptors (Lipinski definition) is 3. The first-order valence-corrected chi connectivity index (χ1v) is 6.58. The molecule has 20 heavy (non-hydrogen) atoms. The number of halogens is 3. The van der Waals surface area contributed by atoms with E-state index in [1.165, 1.54) is 12.1 Å². The minimum atomic E-state index is -2.61. The fourth-order valence-electron chi connectivity index (χ4n) is 1.75. The van der Waals surface area contributed by atoms with Crippen molar-refractivity contribution < 1.29 is 13.5 Å². The van der Waals surface area contributed by atoms with Gasteiger partial charge in [-0.25, -0.2) is 8.78 Å². The van der Waals surface area contributed by atoms with Crippen LogP contribution in [0.25, 0.3) is 0 Å². The molecule has 3 nitrogen and oxygen atoms in total. The summed E-state index contributed by atoms with van der Waals surface area (Å²) in [6, 6.07) is 9.63. The number of nitrogens with one attached hydrogen (secondary N) is 1. The Hall–Kier alpha value is -1.82. The molecule has 0 bridgehead atoms. The maximum atomic E-state index is 13.0. The molecule has 0 aliphatic carbocycles. The Morgan fingerprint density at radius 3 is 2.55 bits per heavy atom. The van der Waals surface area contributed by atoms with E-state index in [0.717, 1.165) is 4.47 Å². The summed E-state index contributed by atoms with van der Waals surface area (Å²) in [5.74, 6) is 0.629. The van der Waals surface area contributed by atoms with Crippen molar-refractivity contribution in [3.8, 4) is 5.75 Å². The van der Waals surface area contributed by atoms with Crippen LogP contribution in [0.3, 0.4) is 0 Å². The second-order valence-electron chi connectivity index (χ2n) is 4.12. The number of alkyl halides is 2. The normalized spacial score (nSPS) is 10.7. The zero-order chi connectivity index (χ0) is 14.7. The van der Waals surface area contributed by atoms with E-state index in [1.54, 1.807) is 31.4 Å². The first-order chi connectivity index (χ1) is 9.51. The number of nitrogens with two attached hydrogens (primary N) is 1. The Bertz CT molecular complexity index is 620. The third-order valence-electron chi connectivity index (χ3n) is 2.75. The van der Waals surface area contributed by atoms with Crippen LogP contribution in [0.2, 0.25) is 0 Å². The lowest BCUT2D eigenvalue weighted by Gasteiger charge is -2.14. The van der Waals surface area contributed by atoms with Crippen molar-refractivity contribution in [3.63, 3.8) is 0 Å². The van der Waals surface area contributed by atoms with Crippen molar-refractivity contribution in [1.29, 1.82) is 0 Å². The molecule has 0 spiro atoms. The molecule has 0 aliphatic rings. The molecule has 106 valence electrons. The molecule has 0 saturated carbocycles. The van der Waals surface area contributed by atoms with Gasteiger partial charge in [0.15, 0.2) is 0 Å². The molecular formula is C14H13BrF2N2O. The number of methoxy groups -OCH3 is 1. The predicted molar refractivity (Wildman–Crippen MR) is 79.8 cm³/mol. The number of anilines is 3. The first kappa shape index (κ1) is 14.6. The lowest BCUT2D eigenvalue weighted by atomic mass is 10.1. The zero-order valence-corrected chi connectivity index (χ0v) is 12.2. The van der Waals surface area contributed by atoms with Gasteiger partial charge in [-0.2, -0.15) is 0 Å². The largest absolute Gasteiger partial charge is 0.497 e. The fraction of sp³-hybridized carbons (Fsp3) is 0.143. The Morgan fingerprint density at radius 2 is 1.90 bits per heavy atom. The van der Waals surface area contributed by atoms with E-state index >= 15 is 0 Å². The number of hydrogen-bond donors (Lipinski definition) is 2. The van der Waals surface area contributed by atoms with Crippen molar-refractivity contribution in [2.75, 3.05) is 18.2 Å². The highest BCUT2D eigenvalue weighted by Gasteiger charge is 2.14. The minimum Gasteiger partial charge on any atom is -0.497 e. The maximum Gasteiger partial charge on any atom is 0.265 e. The molecule has 0 saturated heterocycles. The smallest absolute Gasteiger partial charge is 0.265 e. The van der Waals surface area contributed by atoms with E-state index < -0.39 is 6.43 Å². The van der Waals surface area contributed by atoms with Crippen molar-refractivity contribution >= 4 is 33.0 Å². The van der Waals surface area contributed by atoms with Crippen LogP contribution >= 0.6 is 15.9 Å². The third kappa shape index (κ3) is 3.19. The molecule has 0 aliphatic heterocycles. The summed E-state index contributed by atoms with van der Waals surface area (Å²) in [4.78, 5) is 0. The third-order valence-corrected chi connectivity index (χ3v) is 3.45. The van der Waals surface area contributed by atoms with E-state index in [0.29, 0.717) is 22.8 Å². The summed E-state index contributed by atoms with van der Waals surface area (Å²) in [5.41, 5.74) is 6.65. The monoisotopic (exact) mass is 342 g/mol. The van der Waals surface area contributed by atoms with Crippen LogP contribution in [-0.2, 0) is 0 Å². The lowest BCUT2D eigenvalue weighted by molar-refractivity contribution is 0.152. The Kier molecular flexibility index (Phi) is 4.44. The van der Waals surface area contributed by atoms with Crippen LogP contribution in [0.4, 0.5) is 25.8 Å². The van der Waals surface area contributed by atoms with Crippen LogP contribution in [0, 0.1) is 0 Å². The topological polar surface area (TPSA) is 47.3 Å². The van der Waals surface area contributed by atoms with Crippen molar-refractivity contribution in [2.45, 2.75) is 6.43 Å². The summed E-state index contributed by atoms with van der Waals surface area (Å²) < 4.78 is 31.9. The standard InChI is InChI=1S/C14H13BrF2N2O/c1-20-9-3-4-11(15)13(7-9)19-12-5-2-8(18)6-10(12)14(16)17/h2-7,14,19H,18H2,1H3. The Labute approximate surface area is 123 Å². The molecule has 2 rings (SSSR count). The zero-order valence-electron chi connectivity index (χ0n) is 10.7. The van der Waals surface area contributed by atoms with Crippen LogP contribution in [0.15, 0.2) is 40.9 Å². The number of ether oxygens (including phenoxy) is 1. The van der Waals surface area contributed by atoms with Gasteiger partial charge in [-0.05, 0) is 46.3 Å². The van der Waals surface area contributed by atoms with Gasteiger partial charge in [0, 0.05) is 27.5 Å². The average Bonchev–Trinajstić information content (AvgIpc) is 2.42. The van der Waals surface area contributed by atoms with Crippen LogP contribution < -0.4 is 15.8 Å². The molecule has 0 amide bonds. The fourth-order valence-corrected chi connectivity index (χ4v) is 2.09. The number of rotatable bonds is 4. The number of benzene rings is 2. The summed E-state index contributed by atoms with van der Waals surface area (Å²) in [5, 5.41) is 2.96. The molecule has 2 aromatic carbocycles. The molecule has 0 aromatic heterocycles. The van der Waals surface area contributed by atoms with Gasteiger partial charge in [0.05, 0.1) is 12.8 Å². The van der Waals surface area contributed by atoms with Crippen LogP contribution in [0.1, 0.15) is 12.0 Å². The molecule has 0 atom stereocenters. The SMILES string of the molecule is COc1ccc(Br)c(Nc2ccc(N)cc2C(F)F)c1.